The number of nitrogens with zero attached hydrogens (tertiary/aromatic N) is 3. The number of pyridine rings is 2. The standard InChI is InChI=1S/C25H20IN6/c1-15-3-2-8-26-12-19(15)17-4-5-21(27)18(11-17)23(28)25-31-22-14-30-13-20(24(22)32-25)16-6-9-29-10-7-16/h2-14,28H,27H2,1H3,(H,31,32)/q-1. The number of aromatic amines is 1. The molecular formula is C25H20IN6-. The molecule has 7 heteroatoms. The molecular weight excluding hydrogens is 511 g/mol. The van der Waals surface area contributed by atoms with Crippen molar-refractivity contribution < 1.29 is 21.2 Å². The van der Waals surface area contributed by atoms with Crippen molar-refractivity contribution in [1.29, 1.82) is 5.41 Å². The van der Waals surface area contributed by atoms with E-state index in [1.165, 1.54) is 11.1 Å². The molecule has 5 rings (SSSR count). The predicted octanol–water partition coefficient (Wildman–Crippen LogP) is 1.92. The molecule has 0 amide bonds. The number of benzene rings is 1. The molecule has 4 aromatic rings. The number of nitrogens with two attached hydrogens (primary N) is 1. The van der Waals surface area contributed by atoms with Crippen LogP contribution in [0.2, 0.25) is 0 Å². The van der Waals surface area contributed by atoms with E-state index in [4.69, 9.17) is 16.1 Å². The Morgan fingerprint density at radius 3 is 2.75 bits per heavy atom. The molecule has 4 heterocycles. The molecule has 1 aliphatic rings. The van der Waals surface area contributed by atoms with Crippen molar-refractivity contribution in [2.75, 3.05) is 5.73 Å². The predicted molar refractivity (Wildman–Crippen MR) is 125 cm³/mol. The average molecular weight is 531 g/mol. The molecule has 3 aromatic heterocycles. The Hall–Kier alpha value is -3.59. The van der Waals surface area contributed by atoms with Gasteiger partial charge in [-0.15, -0.1) is 0 Å². The molecule has 4 N–H and O–H groups in total. The Kier molecular flexibility index (Phi) is 5.40. The molecule has 0 radical (unpaired) electrons. The molecule has 1 aliphatic heterocycles. The topological polar surface area (TPSA) is 104 Å². The maximum absolute atomic E-state index is 8.88. The summed E-state index contributed by atoms with van der Waals surface area (Å²) in [7, 11) is 0. The van der Waals surface area contributed by atoms with Crippen molar-refractivity contribution in [3.8, 4) is 11.1 Å². The van der Waals surface area contributed by atoms with Crippen molar-refractivity contribution in [3.05, 3.63) is 98.0 Å². The van der Waals surface area contributed by atoms with Crippen molar-refractivity contribution in [1.82, 2.24) is 19.9 Å². The van der Waals surface area contributed by atoms with Crippen LogP contribution in [0.3, 0.4) is 0 Å². The SMILES string of the molecule is CC1=CC=C[I-]C=C1c1ccc(N)c(C(=N)c2nc3c(-c4ccncc4)cncc3[nH]2)c1. The third kappa shape index (κ3) is 3.75. The Labute approximate surface area is 195 Å². The molecule has 1 aromatic carbocycles. The van der Waals surface area contributed by atoms with Gasteiger partial charge in [-0.1, -0.05) is 0 Å². The van der Waals surface area contributed by atoms with Gasteiger partial charge in [0.15, 0.2) is 0 Å². The fourth-order valence-electron chi connectivity index (χ4n) is 3.65. The van der Waals surface area contributed by atoms with Gasteiger partial charge < -0.3 is 0 Å². The van der Waals surface area contributed by atoms with Crippen LogP contribution in [0.15, 0.2) is 81.0 Å². The van der Waals surface area contributed by atoms with Gasteiger partial charge in [0.2, 0.25) is 0 Å². The summed E-state index contributed by atoms with van der Waals surface area (Å²) in [6.45, 7) is 2.11. The molecule has 0 fully saturated rings. The number of fused-ring (bicyclic) bond motifs is 1. The van der Waals surface area contributed by atoms with E-state index in [1.807, 2.05) is 30.3 Å². The van der Waals surface area contributed by atoms with Gasteiger partial charge in [-0.2, -0.15) is 0 Å². The summed E-state index contributed by atoms with van der Waals surface area (Å²) in [5.74, 6) is 0.461. The second-order valence-electron chi connectivity index (χ2n) is 7.40. The summed E-state index contributed by atoms with van der Waals surface area (Å²) < 4.78 is 4.54. The number of hydrogen-bond donors (Lipinski definition) is 3. The first kappa shape index (κ1) is 20.3. The van der Waals surface area contributed by atoms with Gasteiger partial charge >= 0.3 is 179 Å². The number of rotatable bonds is 4. The number of anilines is 1. The van der Waals surface area contributed by atoms with Crippen LogP contribution in [0.1, 0.15) is 23.9 Å². The molecule has 0 spiro atoms. The Balaban J connectivity index is 1.57. The molecule has 0 saturated heterocycles. The van der Waals surface area contributed by atoms with E-state index in [-0.39, 0.29) is 26.9 Å². The van der Waals surface area contributed by atoms with E-state index in [9.17, 15) is 0 Å². The fraction of sp³-hybridized carbons (Fsp3) is 0.0400. The summed E-state index contributed by atoms with van der Waals surface area (Å²) >= 11 is -0.134. The first-order valence-electron chi connectivity index (χ1n) is 10.0. The number of H-pyrrole nitrogens is 1. The van der Waals surface area contributed by atoms with Gasteiger partial charge in [-0.3, -0.25) is 4.98 Å². The van der Waals surface area contributed by atoms with E-state index >= 15 is 0 Å². The number of allylic oxidation sites excluding steroid dienone is 4. The van der Waals surface area contributed by atoms with Crippen LogP contribution >= 0.6 is 0 Å². The van der Waals surface area contributed by atoms with Crippen LogP contribution in [0.25, 0.3) is 27.7 Å². The number of imidazole rings is 1. The van der Waals surface area contributed by atoms with Gasteiger partial charge in [-0.25, -0.2) is 0 Å². The Bertz CT molecular complexity index is 1430. The second-order valence-corrected chi connectivity index (χ2v) is 9.46. The number of nitrogens with one attached hydrogen (secondary N) is 2. The molecule has 6 nitrogen and oxygen atoms in total. The van der Waals surface area contributed by atoms with Crippen LogP contribution in [0, 0.1) is 5.41 Å². The van der Waals surface area contributed by atoms with Crippen molar-refractivity contribution >= 4 is 28.0 Å². The average Bonchev–Trinajstić information content (AvgIpc) is 3.15. The van der Waals surface area contributed by atoms with E-state index in [2.05, 4.69) is 42.2 Å². The minimum absolute atomic E-state index is 0.134. The quantitative estimate of drug-likeness (QED) is 0.213. The molecule has 32 heavy (non-hydrogen) atoms. The fourth-order valence-corrected chi connectivity index (χ4v) is 5.52. The van der Waals surface area contributed by atoms with E-state index < -0.39 is 0 Å². The summed E-state index contributed by atoms with van der Waals surface area (Å²) in [5, 5.41) is 8.88. The second kappa shape index (κ2) is 8.51. The maximum atomic E-state index is 8.88. The van der Waals surface area contributed by atoms with E-state index in [0.29, 0.717) is 17.1 Å². The molecule has 158 valence electrons. The summed E-state index contributed by atoms with van der Waals surface area (Å²) in [4.78, 5) is 16.4. The van der Waals surface area contributed by atoms with Gasteiger partial charge in [0.1, 0.15) is 0 Å². The van der Waals surface area contributed by atoms with Crippen LogP contribution in [0.4, 0.5) is 5.69 Å². The van der Waals surface area contributed by atoms with Gasteiger partial charge in [0.25, 0.3) is 0 Å². The van der Waals surface area contributed by atoms with Crippen LogP contribution in [-0.2, 0) is 0 Å². The molecule has 0 bridgehead atoms. The molecule has 0 atom stereocenters. The molecule has 0 unspecified atom stereocenters. The zero-order valence-electron chi connectivity index (χ0n) is 17.3. The summed E-state index contributed by atoms with van der Waals surface area (Å²) in [6.07, 6.45) is 11.2. The first-order valence-corrected chi connectivity index (χ1v) is 12.5. The summed E-state index contributed by atoms with van der Waals surface area (Å²) in [5.41, 5.74) is 14.6. The van der Waals surface area contributed by atoms with Crippen LogP contribution in [-0.4, -0.2) is 25.6 Å². The molecule has 0 aliphatic carbocycles. The zero-order valence-corrected chi connectivity index (χ0v) is 19.5. The number of nitrogen functional groups attached to an aromatic ring is 1. The normalized spacial score (nSPS) is 13.8. The third-order valence-corrected chi connectivity index (χ3v) is 7.16. The first-order chi connectivity index (χ1) is 15.6. The van der Waals surface area contributed by atoms with Crippen molar-refractivity contribution in [2.45, 2.75) is 6.92 Å². The number of halogens is 1. The minimum atomic E-state index is -0.134. The third-order valence-electron chi connectivity index (χ3n) is 5.34. The summed E-state index contributed by atoms with van der Waals surface area (Å²) in [6, 6.07) is 9.73. The van der Waals surface area contributed by atoms with Crippen LogP contribution in [0.5, 0.6) is 0 Å². The van der Waals surface area contributed by atoms with E-state index in [0.717, 1.165) is 27.7 Å². The van der Waals surface area contributed by atoms with Gasteiger partial charge in [0.05, 0.1) is 0 Å². The van der Waals surface area contributed by atoms with Crippen molar-refractivity contribution in [3.63, 3.8) is 0 Å². The molecule has 0 saturated carbocycles. The van der Waals surface area contributed by atoms with Crippen molar-refractivity contribution in [2.24, 2.45) is 0 Å². The Morgan fingerprint density at radius 2 is 1.91 bits per heavy atom. The Morgan fingerprint density at radius 1 is 1.06 bits per heavy atom. The number of aromatic nitrogens is 4. The zero-order chi connectivity index (χ0) is 22.1. The van der Waals surface area contributed by atoms with Crippen LogP contribution < -0.4 is 26.9 Å². The monoisotopic (exact) mass is 531 g/mol. The van der Waals surface area contributed by atoms with Gasteiger partial charge in [0, 0.05) is 12.4 Å². The van der Waals surface area contributed by atoms with E-state index in [1.54, 1.807) is 24.8 Å². The number of hydrogen-bond acceptors (Lipinski definition) is 5. The van der Waals surface area contributed by atoms with Gasteiger partial charge in [-0.05, 0) is 0 Å².